The monoisotopic (exact) mass is 587 g/mol. The molecule has 0 fully saturated rings. The van der Waals surface area contributed by atoms with Crippen molar-refractivity contribution < 1.29 is 19.5 Å². The van der Waals surface area contributed by atoms with Crippen LogP contribution < -0.4 is 26.6 Å². The molecule has 0 aromatic heterocycles. The second-order valence-corrected chi connectivity index (χ2v) is 11.5. The van der Waals surface area contributed by atoms with Crippen molar-refractivity contribution in [2.24, 2.45) is 0 Å². The van der Waals surface area contributed by atoms with Gasteiger partial charge in [0.2, 0.25) is 11.8 Å². The fourth-order valence-electron chi connectivity index (χ4n) is 4.70. The number of aliphatic hydroxyl groups is 1. The smallest absolute Gasteiger partial charge is 0.318 e. The number of anilines is 1. The molecule has 2 unspecified atom stereocenters. The number of hydrogen-bond donors (Lipinski definition) is 6. The number of nitrogens with one attached hydrogen (secondary N) is 5. The van der Waals surface area contributed by atoms with Gasteiger partial charge in [-0.3, -0.25) is 9.59 Å². The summed E-state index contributed by atoms with van der Waals surface area (Å²) >= 11 is 0. The van der Waals surface area contributed by atoms with Crippen LogP contribution in [0.1, 0.15) is 51.2 Å². The van der Waals surface area contributed by atoms with Gasteiger partial charge in [0.1, 0.15) is 6.04 Å². The van der Waals surface area contributed by atoms with Crippen LogP contribution in [0.25, 0.3) is 11.1 Å². The summed E-state index contributed by atoms with van der Waals surface area (Å²) in [5, 5.41) is 24.1. The van der Waals surface area contributed by atoms with Crippen LogP contribution in [0.15, 0.2) is 78.9 Å². The van der Waals surface area contributed by atoms with E-state index in [1.54, 1.807) is 14.0 Å². The van der Waals surface area contributed by atoms with Crippen molar-refractivity contribution in [2.75, 3.05) is 18.9 Å². The molecule has 2 atom stereocenters. The van der Waals surface area contributed by atoms with E-state index in [9.17, 15) is 19.5 Å². The highest BCUT2D eigenvalue weighted by molar-refractivity contribution is 5.94. The number of benzene rings is 3. The molecule has 0 aliphatic heterocycles. The van der Waals surface area contributed by atoms with Crippen LogP contribution in [0.4, 0.5) is 10.5 Å². The molecule has 230 valence electrons. The number of para-hydroxylation sites is 1. The van der Waals surface area contributed by atoms with Gasteiger partial charge in [-0.15, -0.1) is 0 Å². The molecule has 3 rings (SSSR count). The van der Waals surface area contributed by atoms with Crippen LogP contribution in [-0.2, 0) is 22.6 Å². The van der Waals surface area contributed by atoms with Gasteiger partial charge in [-0.25, -0.2) is 4.79 Å². The van der Waals surface area contributed by atoms with Gasteiger partial charge in [0.25, 0.3) is 0 Å². The van der Waals surface area contributed by atoms with Crippen molar-refractivity contribution in [3.63, 3.8) is 0 Å². The average Bonchev–Trinajstić information content (AvgIpc) is 2.99. The van der Waals surface area contributed by atoms with Gasteiger partial charge in [-0.1, -0.05) is 72.8 Å². The molecule has 0 bridgehead atoms. The summed E-state index contributed by atoms with van der Waals surface area (Å²) in [6.07, 6.45) is 1.69. The number of β-amino-alcohol motifs (C(OH)–C–C–N with tert-alkyl or cyclic N) is 1. The quantitative estimate of drug-likeness (QED) is 0.157. The lowest BCUT2D eigenvalue weighted by atomic mass is 9.98. The zero-order chi connectivity index (χ0) is 31.2. The Morgan fingerprint density at radius 1 is 0.884 bits per heavy atom. The first-order chi connectivity index (χ1) is 20.6. The van der Waals surface area contributed by atoms with Crippen LogP contribution in [0.5, 0.6) is 0 Å². The SMILES string of the molecule is CNC(=O)Nc1ccccc1-c1ccc(CNC(=O)C(CCCc2ccccc2)NC(=O)CC(C)(C)NCC(C)O)cc1. The molecule has 0 heterocycles. The Morgan fingerprint density at radius 2 is 1.56 bits per heavy atom. The minimum absolute atomic E-state index is 0.167. The summed E-state index contributed by atoms with van der Waals surface area (Å²) in [7, 11) is 1.57. The average molecular weight is 588 g/mol. The highest BCUT2D eigenvalue weighted by Gasteiger charge is 2.26. The molecular formula is C34H45N5O4. The molecule has 0 saturated heterocycles. The topological polar surface area (TPSA) is 132 Å². The molecule has 0 radical (unpaired) electrons. The van der Waals surface area contributed by atoms with Crippen molar-refractivity contribution >= 4 is 23.5 Å². The number of aliphatic hydroxyl groups excluding tert-OH is 1. The lowest BCUT2D eigenvalue weighted by molar-refractivity contribution is -0.130. The molecule has 0 aliphatic rings. The summed E-state index contributed by atoms with van der Waals surface area (Å²) in [5.74, 6) is -0.461. The number of urea groups is 1. The number of amides is 4. The number of rotatable bonds is 15. The van der Waals surface area contributed by atoms with E-state index in [0.717, 1.165) is 29.5 Å². The van der Waals surface area contributed by atoms with E-state index in [4.69, 9.17) is 0 Å². The van der Waals surface area contributed by atoms with Crippen LogP contribution in [0, 0.1) is 0 Å². The zero-order valence-electron chi connectivity index (χ0n) is 25.6. The number of carbonyl (C=O) groups excluding carboxylic acids is 3. The minimum atomic E-state index is -0.675. The highest BCUT2D eigenvalue weighted by atomic mass is 16.3. The summed E-state index contributed by atoms with van der Waals surface area (Å²) in [6.45, 7) is 6.17. The largest absolute Gasteiger partial charge is 0.392 e. The molecule has 4 amide bonds. The second kappa shape index (κ2) is 16.4. The molecule has 43 heavy (non-hydrogen) atoms. The van der Waals surface area contributed by atoms with Crippen molar-refractivity contribution in [3.05, 3.63) is 90.0 Å². The van der Waals surface area contributed by atoms with Crippen LogP contribution in [-0.4, -0.2) is 54.2 Å². The first kappa shape index (κ1) is 33.3. The summed E-state index contributed by atoms with van der Waals surface area (Å²) in [6, 6.07) is 24.4. The van der Waals surface area contributed by atoms with Crippen molar-refractivity contribution in [3.8, 4) is 11.1 Å². The normalized spacial score (nSPS) is 12.6. The Bertz CT molecular complexity index is 1330. The molecule has 3 aromatic carbocycles. The Hall–Kier alpha value is -4.21. The summed E-state index contributed by atoms with van der Waals surface area (Å²) in [4.78, 5) is 38.2. The van der Waals surface area contributed by atoms with Crippen molar-refractivity contribution in [1.29, 1.82) is 0 Å². The van der Waals surface area contributed by atoms with E-state index in [1.807, 2.05) is 80.6 Å². The maximum absolute atomic E-state index is 13.3. The third-order valence-corrected chi connectivity index (χ3v) is 7.07. The molecule has 9 heteroatoms. The van der Waals surface area contributed by atoms with E-state index in [2.05, 4.69) is 38.7 Å². The van der Waals surface area contributed by atoms with E-state index in [-0.39, 0.29) is 24.3 Å². The molecule has 9 nitrogen and oxygen atoms in total. The maximum Gasteiger partial charge on any atom is 0.318 e. The lowest BCUT2D eigenvalue weighted by Gasteiger charge is -2.28. The molecular weight excluding hydrogens is 542 g/mol. The van der Waals surface area contributed by atoms with Gasteiger partial charge in [0.15, 0.2) is 0 Å². The van der Waals surface area contributed by atoms with Gasteiger partial charge in [-0.2, -0.15) is 0 Å². The third kappa shape index (κ3) is 11.5. The van der Waals surface area contributed by atoms with E-state index < -0.39 is 17.7 Å². The van der Waals surface area contributed by atoms with Gasteiger partial charge < -0.3 is 31.7 Å². The Kier molecular flexibility index (Phi) is 12.7. The highest BCUT2D eigenvalue weighted by Crippen LogP contribution is 2.28. The third-order valence-electron chi connectivity index (χ3n) is 7.07. The minimum Gasteiger partial charge on any atom is -0.392 e. The van der Waals surface area contributed by atoms with Crippen LogP contribution in [0.2, 0.25) is 0 Å². The number of hydrogen-bond acceptors (Lipinski definition) is 5. The molecule has 0 aliphatic carbocycles. The predicted octanol–water partition coefficient (Wildman–Crippen LogP) is 4.37. The Morgan fingerprint density at radius 3 is 2.23 bits per heavy atom. The summed E-state index contributed by atoms with van der Waals surface area (Å²) in [5.41, 5.74) is 4.06. The van der Waals surface area contributed by atoms with Gasteiger partial charge in [0.05, 0.1) is 11.8 Å². The standard InChI is InChI=1S/C34H45N5O4/c1-24(40)22-37-34(2,3)21-31(41)38-30(16-10-13-25-11-6-5-7-12-25)32(42)36-23-26-17-19-27(20-18-26)28-14-8-9-15-29(28)39-33(43)35-4/h5-9,11-12,14-15,17-20,24,30,37,40H,10,13,16,21-23H2,1-4H3,(H,36,42)(H,38,41)(H2,35,39,43). The zero-order valence-corrected chi connectivity index (χ0v) is 25.6. The van der Waals surface area contributed by atoms with Gasteiger partial charge in [-0.05, 0) is 62.8 Å². The first-order valence-corrected chi connectivity index (χ1v) is 14.8. The fraction of sp³-hybridized carbons (Fsp3) is 0.382. The maximum atomic E-state index is 13.3. The fourth-order valence-corrected chi connectivity index (χ4v) is 4.70. The van der Waals surface area contributed by atoms with Gasteiger partial charge in [0, 0.05) is 37.7 Å². The van der Waals surface area contributed by atoms with Gasteiger partial charge >= 0.3 is 6.03 Å². The van der Waals surface area contributed by atoms with E-state index in [0.29, 0.717) is 25.2 Å². The van der Waals surface area contributed by atoms with Crippen molar-refractivity contribution in [2.45, 2.75) is 70.7 Å². The molecule has 6 N–H and O–H groups in total. The molecule has 3 aromatic rings. The Labute approximate surface area is 254 Å². The molecule has 0 spiro atoms. The van der Waals surface area contributed by atoms with Crippen molar-refractivity contribution in [1.82, 2.24) is 21.3 Å². The first-order valence-electron chi connectivity index (χ1n) is 14.8. The lowest BCUT2D eigenvalue weighted by Crippen LogP contribution is -2.51. The second-order valence-electron chi connectivity index (χ2n) is 11.5. The van der Waals surface area contributed by atoms with Crippen LogP contribution >= 0.6 is 0 Å². The predicted molar refractivity (Wildman–Crippen MR) is 171 cm³/mol. The summed E-state index contributed by atoms with van der Waals surface area (Å²) < 4.78 is 0. The number of aryl methyl sites for hydroxylation is 1. The van der Waals surface area contributed by atoms with E-state index in [1.165, 1.54) is 5.56 Å². The molecule has 0 saturated carbocycles. The van der Waals surface area contributed by atoms with Crippen LogP contribution in [0.3, 0.4) is 0 Å². The van der Waals surface area contributed by atoms with E-state index >= 15 is 0 Å². The Balaban J connectivity index is 1.63. The number of carbonyl (C=O) groups is 3.